The molecule has 0 radical (unpaired) electrons. The molecule has 1 atom stereocenters. The minimum Gasteiger partial charge on any atom is -0.389 e. The van der Waals surface area contributed by atoms with E-state index in [0.29, 0.717) is 17.9 Å². The van der Waals surface area contributed by atoms with E-state index < -0.39 is 0 Å². The summed E-state index contributed by atoms with van der Waals surface area (Å²) in [5, 5.41) is 2.89. The number of ether oxygens (including phenoxy) is 1. The predicted molar refractivity (Wildman–Crippen MR) is 78.2 cm³/mol. The quantitative estimate of drug-likeness (QED) is 0.736. The number of amides is 1. The molecule has 0 saturated heterocycles. The molecule has 0 aliphatic carbocycles. The van der Waals surface area contributed by atoms with Crippen LogP contribution in [0.1, 0.15) is 35.8 Å². The molecular formula is C13H19N3O2S. The Morgan fingerprint density at radius 3 is 2.79 bits per heavy atom. The maximum atomic E-state index is 12.0. The van der Waals surface area contributed by atoms with Gasteiger partial charge in [0.2, 0.25) is 0 Å². The highest BCUT2D eigenvalue weighted by molar-refractivity contribution is 7.80. The zero-order valence-corrected chi connectivity index (χ0v) is 12.0. The van der Waals surface area contributed by atoms with Gasteiger partial charge in [0.1, 0.15) is 10.7 Å². The second-order valence-electron chi connectivity index (χ2n) is 4.21. The molecule has 5 nitrogen and oxygen atoms in total. The average molecular weight is 281 g/mol. The lowest BCUT2D eigenvalue weighted by atomic mass is 10.1. The third kappa shape index (κ3) is 4.92. The van der Waals surface area contributed by atoms with E-state index in [1.165, 1.54) is 6.20 Å². The van der Waals surface area contributed by atoms with Crippen LogP contribution in [0, 0.1) is 0 Å². The third-order valence-electron chi connectivity index (χ3n) is 2.62. The summed E-state index contributed by atoms with van der Waals surface area (Å²) in [5.41, 5.74) is 6.47. The molecule has 6 heteroatoms. The van der Waals surface area contributed by atoms with Crippen LogP contribution >= 0.6 is 12.2 Å². The van der Waals surface area contributed by atoms with Gasteiger partial charge in [0.25, 0.3) is 5.91 Å². The first-order chi connectivity index (χ1) is 9.08. The number of nitrogens with zero attached hydrogens (tertiary/aromatic N) is 1. The van der Waals surface area contributed by atoms with Crippen molar-refractivity contribution in [3.63, 3.8) is 0 Å². The standard InChI is InChI=1S/C13H19N3O2S/c1-3-4-10(8-18-2)16-13(17)11-6-5-9(7-15-11)12(14)19/h5-7,10H,3-4,8H2,1-2H3,(H2,14,19)(H,16,17). The van der Waals surface area contributed by atoms with Crippen molar-refractivity contribution in [1.82, 2.24) is 10.3 Å². The zero-order chi connectivity index (χ0) is 14.3. The van der Waals surface area contributed by atoms with E-state index in [4.69, 9.17) is 22.7 Å². The maximum Gasteiger partial charge on any atom is 0.270 e. The van der Waals surface area contributed by atoms with E-state index in [9.17, 15) is 4.79 Å². The Morgan fingerprint density at radius 2 is 2.32 bits per heavy atom. The number of carbonyl (C=O) groups is 1. The number of nitrogens with two attached hydrogens (primary N) is 1. The van der Waals surface area contributed by atoms with Crippen LogP contribution in [0.25, 0.3) is 0 Å². The smallest absolute Gasteiger partial charge is 0.270 e. The molecular weight excluding hydrogens is 262 g/mol. The normalized spacial score (nSPS) is 11.9. The highest BCUT2D eigenvalue weighted by atomic mass is 32.1. The lowest BCUT2D eigenvalue weighted by Crippen LogP contribution is -2.38. The number of methoxy groups -OCH3 is 1. The largest absolute Gasteiger partial charge is 0.389 e. The number of hydrogen-bond donors (Lipinski definition) is 2. The summed E-state index contributed by atoms with van der Waals surface area (Å²) < 4.78 is 5.08. The minimum absolute atomic E-state index is 0.000406. The fourth-order valence-corrected chi connectivity index (χ4v) is 1.80. The van der Waals surface area contributed by atoms with Gasteiger partial charge < -0.3 is 15.8 Å². The van der Waals surface area contributed by atoms with Gasteiger partial charge >= 0.3 is 0 Å². The highest BCUT2D eigenvalue weighted by Gasteiger charge is 2.14. The van der Waals surface area contributed by atoms with Gasteiger partial charge in [-0.3, -0.25) is 9.78 Å². The van der Waals surface area contributed by atoms with Gasteiger partial charge in [0.05, 0.1) is 12.6 Å². The SMILES string of the molecule is CCCC(COC)NC(=O)c1ccc(C(N)=S)cn1. The zero-order valence-electron chi connectivity index (χ0n) is 11.2. The summed E-state index contributed by atoms with van der Waals surface area (Å²) in [4.78, 5) is 16.3. The van der Waals surface area contributed by atoms with Gasteiger partial charge in [-0.05, 0) is 18.6 Å². The molecule has 1 amide bonds. The van der Waals surface area contributed by atoms with Gasteiger partial charge in [0.15, 0.2) is 0 Å². The molecule has 1 unspecified atom stereocenters. The summed E-state index contributed by atoms with van der Waals surface area (Å²) in [6, 6.07) is 3.30. The molecule has 0 aliphatic heterocycles. The topological polar surface area (TPSA) is 77.2 Å². The Kier molecular flexibility index (Phi) is 6.38. The third-order valence-corrected chi connectivity index (χ3v) is 2.86. The van der Waals surface area contributed by atoms with Gasteiger partial charge in [-0.2, -0.15) is 0 Å². The lowest BCUT2D eigenvalue weighted by molar-refractivity contribution is 0.0886. The van der Waals surface area contributed by atoms with Crippen LogP contribution in [0.2, 0.25) is 0 Å². The van der Waals surface area contributed by atoms with E-state index in [-0.39, 0.29) is 16.9 Å². The van der Waals surface area contributed by atoms with Gasteiger partial charge in [-0.25, -0.2) is 0 Å². The molecule has 0 spiro atoms. The first-order valence-electron chi connectivity index (χ1n) is 6.14. The Bertz CT molecular complexity index is 428. The first kappa shape index (κ1) is 15.5. The molecule has 19 heavy (non-hydrogen) atoms. The molecule has 0 fully saturated rings. The van der Waals surface area contributed by atoms with Crippen LogP contribution in [0.5, 0.6) is 0 Å². The van der Waals surface area contributed by atoms with Crippen LogP contribution in [0.3, 0.4) is 0 Å². The van der Waals surface area contributed by atoms with Crippen molar-refractivity contribution in [1.29, 1.82) is 0 Å². The number of pyridine rings is 1. The molecule has 1 heterocycles. The Balaban J connectivity index is 2.68. The second-order valence-corrected chi connectivity index (χ2v) is 4.65. The average Bonchev–Trinajstić information content (AvgIpc) is 2.39. The summed E-state index contributed by atoms with van der Waals surface area (Å²) in [6.07, 6.45) is 3.34. The van der Waals surface area contributed by atoms with Crippen molar-refractivity contribution in [3.05, 3.63) is 29.6 Å². The molecule has 1 aromatic rings. The Morgan fingerprint density at radius 1 is 1.58 bits per heavy atom. The lowest BCUT2D eigenvalue weighted by Gasteiger charge is -2.16. The van der Waals surface area contributed by atoms with E-state index in [2.05, 4.69) is 17.2 Å². The number of nitrogens with one attached hydrogen (secondary N) is 1. The van der Waals surface area contributed by atoms with Crippen LogP contribution in [0.15, 0.2) is 18.3 Å². The summed E-state index contributed by atoms with van der Waals surface area (Å²) in [7, 11) is 1.62. The molecule has 104 valence electrons. The predicted octanol–water partition coefficient (Wildman–Crippen LogP) is 1.26. The van der Waals surface area contributed by atoms with Crippen molar-refractivity contribution in [3.8, 4) is 0 Å². The molecule has 0 aromatic carbocycles. The summed E-state index contributed by atoms with van der Waals surface area (Å²) in [6.45, 7) is 2.55. The number of rotatable bonds is 7. The fourth-order valence-electron chi connectivity index (χ4n) is 1.68. The molecule has 0 saturated carbocycles. The van der Waals surface area contributed by atoms with Gasteiger partial charge in [0, 0.05) is 18.9 Å². The van der Waals surface area contributed by atoms with Crippen molar-refractivity contribution >= 4 is 23.1 Å². The number of aromatic nitrogens is 1. The van der Waals surface area contributed by atoms with Crippen molar-refractivity contribution in [2.45, 2.75) is 25.8 Å². The number of carbonyl (C=O) groups excluding carboxylic acids is 1. The summed E-state index contributed by atoms with van der Waals surface area (Å²) >= 11 is 4.83. The first-order valence-corrected chi connectivity index (χ1v) is 6.55. The van der Waals surface area contributed by atoms with Crippen LogP contribution in [0.4, 0.5) is 0 Å². The molecule has 0 aliphatic rings. The molecule has 1 rings (SSSR count). The second kappa shape index (κ2) is 7.81. The number of hydrogen-bond acceptors (Lipinski definition) is 4. The van der Waals surface area contributed by atoms with E-state index in [0.717, 1.165) is 12.8 Å². The van der Waals surface area contributed by atoms with Crippen molar-refractivity contribution < 1.29 is 9.53 Å². The number of thiocarbonyl (C=S) groups is 1. The molecule has 3 N–H and O–H groups in total. The molecule has 0 bridgehead atoms. The van der Waals surface area contributed by atoms with Crippen molar-refractivity contribution in [2.24, 2.45) is 5.73 Å². The molecule has 1 aromatic heterocycles. The Hall–Kier alpha value is -1.53. The maximum absolute atomic E-state index is 12.0. The van der Waals surface area contributed by atoms with Crippen molar-refractivity contribution in [2.75, 3.05) is 13.7 Å². The van der Waals surface area contributed by atoms with Crippen LogP contribution < -0.4 is 11.1 Å². The van der Waals surface area contributed by atoms with Gasteiger partial charge in [-0.1, -0.05) is 25.6 Å². The summed E-state index contributed by atoms with van der Waals surface area (Å²) in [5.74, 6) is -0.218. The van der Waals surface area contributed by atoms with Crippen LogP contribution in [-0.2, 0) is 4.74 Å². The minimum atomic E-state index is -0.218. The van der Waals surface area contributed by atoms with E-state index >= 15 is 0 Å². The van der Waals surface area contributed by atoms with E-state index in [1.807, 2.05) is 0 Å². The van der Waals surface area contributed by atoms with Gasteiger partial charge in [-0.15, -0.1) is 0 Å². The Labute approximate surface area is 118 Å². The van der Waals surface area contributed by atoms with Crippen LogP contribution in [-0.4, -0.2) is 35.6 Å². The van der Waals surface area contributed by atoms with E-state index in [1.54, 1.807) is 19.2 Å². The fraction of sp³-hybridized carbons (Fsp3) is 0.462. The highest BCUT2D eigenvalue weighted by Crippen LogP contribution is 2.03. The monoisotopic (exact) mass is 281 g/mol.